The van der Waals surface area contributed by atoms with Gasteiger partial charge in [0.15, 0.2) is 11.5 Å². The summed E-state index contributed by atoms with van der Waals surface area (Å²) in [7, 11) is 3.18. The number of nitrogens with zero attached hydrogens (tertiary/aromatic N) is 1. The van der Waals surface area contributed by atoms with E-state index in [1.165, 1.54) is 4.90 Å². The van der Waals surface area contributed by atoms with Gasteiger partial charge < -0.3 is 14.4 Å². The number of benzene rings is 2. The Balaban J connectivity index is 1.91. The SMILES string of the molecule is COc1ccc(N(C=O)CCCSc2ccccc2)cc1OC. The third kappa shape index (κ3) is 4.93. The molecule has 5 heteroatoms. The van der Waals surface area contributed by atoms with Crippen molar-refractivity contribution in [3.63, 3.8) is 0 Å². The van der Waals surface area contributed by atoms with E-state index < -0.39 is 0 Å². The molecule has 2 rings (SSSR count). The Labute approximate surface area is 141 Å². The fraction of sp³-hybridized carbons (Fsp3) is 0.278. The van der Waals surface area contributed by atoms with E-state index in [0.717, 1.165) is 24.3 Å². The second-order valence-electron chi connectivity index (χ2n) is 4.85. The normalized spacial score (nSPS) is 10.2. The van der Waals surface area contributed by atoms with Crippen molar-refractivity contribution in [2.75, 3.05) is 31.4 Å². The smallest absolute Gasteiger partial charge is 0.214 e. The van der Waals surface area contributed by atoms with Crippen LogP contribution in [0.15, 0.2) is 53.4 Å². The lowest BCUT2D eigenvalue weighted by Crippen LogP contribution is -2.22. The Morgan fingerprint density at radius 1 is 1.04 bits per heavy atom. The van der Waals surface area contributed by atoms with Gasteiger partial charge in [0.1, 0.15) is 0 Å². The van der Waals surface area contributed by atoms with Crippen molar-refractivity contribution in [1.29, 1.82) is 0 Å². The fourth-order valence-corrected chi connectivity index (χ4v) is 3.05. The summed E-state index contributed by atoms with van der Waals surface area (Å²) in [6, 6.07) is 15.7. The summed E-state index contributed by atoms with van der Waals surface area (Å²) in [6.07, 6.45) is 1.76. The zero-order valence-electron chi connectivity index (χ0n) is 13.4. The lowest BCUT2D eigenvalue weighted by molar-refractivity contribution is -0.107. The van der Waals surface area contributed by atoms with Gasteiger partial charge in [-0.25, -0.2) is 0 Å². The second-order valence-corrected chi connectivity index (χ2v) is 6.02. The van der Waals surface area contributed by atoms with E-state index in [-0.39, 0.29) is 0 Å². The van der Waals surface area contributed by atoms with Crippen molar-refractivity contribution >= 4 is 23.9 Å². The third-order valence-corrected chi connectivity index (χ3v) is 4.48. The zero-order chi connectivity index (χ0) is 16.5. The van der Waals surface area contributed by atoms with Gasteiger partial charge >= 0.3 is 0 Å². The topological polar surface area (TPSA) is 38.8 Å². The number of carbonyl (C=O) groups excluding carboxylic acids is 1. The largest absolute Gasteiger partial charge is 0.493 e. The second kappa shape index (κ2) is 9.10. The molecule has 23 heavy (non-hydrogen) atoms. The molecule has 0 heterocycles. The van der Waals surface area contributed by atoms with Crippen LogP contribution in [0.25, 0.3) is 0 Å². The molecule has 0 atom stereocenters. The maximum atomic E-state index is 11.4. The highest BCUT2D eigenvalue weighted by Gasteiger charge is 2.10. The molecule has 0 aliphatic carbocycles. The van der Waals surface area contributed by atoms with Crippen molar-refractivity contribution < 1.29 is 14.3 Å². The highest BCUT2D eigenvalue weighted by Crippen LogP contribution is 2.31. The molecule has 0 unspecified atom stereocenters. The molecule has 1 amide bonds. The minimum absolute atomic E-state index is 0.621. The molecule has 0 aliphatic rings. The molecule has 2 aromatic carbocycles. The number of anilines is 1. The van der Waals surface area contributed by atoms with E-state index in [9.17, 15) is 4.79 Å². The summed E-state index contributed by atoms with van der Waals surface area (Å²) in [5, 5.41) is 0. The van der Waals surface area contributed by atoms with Gasteiger partial charge in [0.05, 0.1) is 14.2 Å². The Bertz CT molecular complexity index is 619. The van der Waals surface area contributed by atoms with Crippen molar-refractivity contribution in [2.45, 2.75) is 11.3 Å². The Morgan fingerprint density at radius 2 is 1.78 bits per heavy atom. The molecule has 4 nitrogen and oxygen atoms in total. The Morgan fingerprint density at radius 3 is 2.43 bits per heavy atom. The van der Waals surface area contributed by atoms with Crippen molar-refractivity contribution in [3.05, 3.63) is 48.5 Å². The van der Waals surface area contributed by atoms with Crippen LogP contribution in [0.4, 0.5) is 5.69 Å². The van der Waals surface area contributed by atoms with Crippen LogP contribution in [0.5, 0.6) is 11.5 Å². The van der Waals surface area contributed by atoms with E-state index in [0.29, 0.717) is 18.0 Å². The molecule has 0 bridgehead atoms. The van der Waals surface area contributed by atoms with Crippen LogP contribution >= 0.6 is 11.8 Å². The van der Waals surface area contributed by atoms with Crippen LogP contribution in [0.2, 0.25) is 0 Å². The molecule has 0 radical (unpaired) electrons. The maximum absolute atomic E-state index is 11.4. The van der Waals surface area contributed by atoms with E-state index in [4.69, 9.17) is 9.47 Å². The molecule has 0 aromatic heterocycles. The summed E-state index contributed by atoms with van der Waals surface area (Å²) >= 11 is 1.79. The highest BCUT2D eigenvalue weighted by molar-refractivity contribution is 7.99. The summed E-state index contributed by atoms with van der Waals surface area (Å²) < 4.78 is 10.5. The molecule has 122 valence electrons. The van der Waals surface area contributed by atoms with E-state index >= 15 is 0 Å². The van der Waals surface area contributed by atoms with Crippen molar-refractivity contribution in [3.8, 4) is 11.5 Å². The molecule has 0 spiro atoms. The fourth-order valence-electron chi connectivity index (χ4n) is 2.19. The summed E-state index contributed by atoms with van der Waals surface area (Å²) in [5.74, 6) is 2.24. The van der Waals surface area contributed by atoms with Crippen molar-refractivity contribution in [1.82, 2.24) is 0 Å². The number of hydrogen-bond donors (Lipinski definition) is 0. The molecule has 2 aromatic rings. The first kappa shape index (κ1) is 17.2. The van der Waals surface area contributed by atoms with Gasteiger partial charge in [-0.2, -0.15) is 0 Å². The van der Waals surface area contributed by atoms with Gasteiger partial charge in [0.25, 0.3) is 0 Å². The zero-order valence-corrected chi connectivity index (χ0v) is 14.2. The molecule has 0 saturated heterocycles. The van der Waals surface area contributed by atoms with Gasteiger partial charge in [-0.1, -0.05) is 18.2 Å². The number of ether oxygens (including phenoxy) is 2. The summed E-state index contributed by atoms with van der Waals surface area (Å²) in [4.78, 5) is 14.3. The predicted octanol–water partition coefficient (Wildman–Crippen LogP) is 3.85. The molecular formula is C18H21NO3S. The monoisotopic (exact) mass is 331 g/mol. The van der Waals surface area contributed by atoms with Gasteiger partial charge in [-0.15, -0.1) is 11.8 Å². The number of hydrogen-bond acceptors (Lipinski definition) is 4. The highest BCUT2D eigenvalue weighted by atomic mass is 32.2. The number of rotatable bonds is 9. The quantitative estimate of drug-likeness (QED) is 0.397. The summed E-state index contributed by atoms with van der Waals surface area (Å²) in [5.41, 5.74) is 0.808. The first-order chi connectivity index (χ1) is 11.3. The van der Waals surface area contributed by atoms with Crippen LogP contribution in [0.1, 0.15) is 6.42 Å². The molecule has 0 fully saturated rings. The van der Waals surface area contributed by atoms with Crippen molar-refractivity contribution in [2.24, 2.45) is 0 Å². The lowest BCUT2D eigenvalue weighted by atomic mass is 10.2. The first-order valence-electron chi connectivity index (χ1n) is 7.40. The van der Waals surface area contributed by atoms with E-state index in [1.54, 1.807) is 30.9 Å². The number of methoxy groups -OCH3 is 2. The minimum atomic E-state index is 0.621. The van der Waals surface area contributed by atoms with Crippen LogP contribution in [-0.2, 0) is 4.79 Å². The Hall–Kier alpha value is -2.14. The number of carbonyl (C=O) groups is 1. The van der Waals surface area contributed by atoms with Crippen LogP contribution in [0, 0.1) is 0 Å². The first-order valence-corrected chi connectivity index (χ1v) is 8.39. The number of amides is 1. The van der Waals surface area contributed by atoms with E-state index in [2.05, 4.69) is 12.1 Å². The molecule has 0 N–H and O–H groups in total. The van der Waals surface area contributed by atoms with Crippen LogP contribution in [-0.4, -0.2) is 32.9 Å². The number of thioether (sulfide) groups is 1. The summed E-state index contributed by atoms with van der Waals surface area (Å²) in [6.45, 7) is 0.665. The average molecular weight is 331 g/mol. The molecular weight excluding hydrogens is 310 g/mol. The lowest BCUT2D eigenvalue weighted by Gasteiger charge is -2.19. The third-order valence-electron chi connectivity index (χ3n) is 3.38. The van der Waals surface area contributed by atoms with Gasteiger partial charge in [-0.05, 0) is 36.4 Å². The maximum Gasteiger partial charge on any atom is 0.214 e. The standard InChI is InChI=1S/C18H21NO3S/c1-21-17-10-9-15(13-18(17)22-2)19(14-20)11-6-12-23-16-7-4-3-5-8-16/h3-5,7-10,13-14H,6,11-12H2,1-2H3. The van der Waals surface area contributed by atoms with E-state index in [1.807, 2.05) is 36.4 Å². The van der Waals surface area contributed by atoms with Gasteiger partial charge in [0.2, 0.25) is 6.41 Å². The average Bonchev–Trinajstić information content (AvgIpc) is 2.62. The van der Waals surface area contributed by atoms with Gasteiger partial charge in [-0.3, -0.25) is 4.79 Å². The predicted molar refractivity (Wildman–Crippen MR) is 94.7 cm³/mol. The van der Waals surface area contributed by atoms with Crippen LogP contribution < -0.4 is 14.4 Å². The minimum Gasteiger partial charge on any atom is -0.493 e. The molecule has 0 aliphatic heterocycles. The Kier molecular flexibility index (Phi) is 6.81. The molecule has 0 saturated carbocycles. The van der Waals surface area contributed by atoms with Crippen LogP contribution in [0.3, 0.4) is 0 Å². The van der Waals surface area contributed by atoms with Gasteiger partial charge in [0, 0.05) is 23.2 Å².